The zero-order valence-electron chi connectivity index (χ0n) is 12.8. The number of rotatable bonds is 3. The van der Waals surface area contributed by atoms with E-state index in [-0.39, 0.29) is 11.1 Å². The summed E-state index contributed by atoms with van der Waals surface area (Å²) in [5.74, 6) is -3.60. The van der Waals surface area contributed by atoms with E-state index in [9.17, 15) is 14.0 Å². The highest BCUT2D eigenvalue weighted by atomic mass is 19.1. The van der Waals surface area contributed by atoms with Crippen molar-refractivity contribution >= 4 is 11.9 Å². The SMILES string of the molecule is O=C(O)c1cc(F)cc(C(=O)O)c1.c1cc(-c2ccncc2)ccn1. The summed E-state index contributed by atoms with van der Waals surface area (Å²) in [6.07, 6.45) is 7.15. The Morgan fingerprint density at radius 2 is 1.08 bits per heavy atom. The number of benzene rings is 1. The number of carboxylic acids is 2. The zero-order valence-corrected chi connectivity index (χ0v) is 12.8. The predicted molar refractivity (Wildman–Crippen MR) is 87.8 cm³/mol. The Hall–Kier alpha value is -3.61. The predicted octanol–water partition coefficient (Wildman–Crippen LogP) is 3.37. The second-order valence-corrected chi connectivity index (χ2v) is 4.81. The first-order chi connectivity index (χ1) is 12.0. The van der Waals surface area contributed by atoms with E-state index in [0.29, 0.717) is 0 Å². The third kappa shape index (κ3) is 5.21. The lowest BCUT2D eigenvalue weighted by molar-refractivity contribution is 0.0696. The molecule has 25 heavy (non-hydrogen) atoms. The largest absolute Gasteiger partial charge is 0.478 e. The molecule has 1 aromatic carbocycles. The second-order valence-electron chi connectivity index (χ2n) is 4.81. The number of hydrogen-bond acceptors (Lipinski definition) is 4. The highest BCUT2D eigenvalue weighted by molar-refractivity contribution is 5.93. The number of hydrogen-bond donors (Lipinski definition) is 2. The highest BCUT2D eigenvalue weighted by Crippen LogP contribution is 2.15. The van der Waals surface area contributed by atoms with Crippen LogP contribution in [0.4, 0.5) is 4.39 Å². The second kappa shape index (κ2) is 8.30. The molecule has 0 bridgehead atoms. The Balaban J connectivity index is 0.000000181. The fourth-order valence-electron chi connectivity index (χ4n) is 1.93. The number of aromatic nitrogens is 2. The summed E-state index contributed by atoms with van der Waals surface area (Å²) in [6, 6.07) is 10.3. The molecule has 6 nitrogen and oxygen atoms in total. The molecule has 0 aliphatic rings. The third-order valence-corrected chi connectivity index (χ3v) is 3.09. The molecular weight excluding hydrogens is 327 g/mol. The molecule has 0 saturated heterocycles. The van der Waals surface area contributed by atoms with Gasteiger partial charge in [0.05, 0.1) is 11.1 Å². The molecular formula is C18H13FN2O4. The van der Waals surface area contributed by atoms with Crippen molar-refractivity contribution < 1.29 is 24.2 Å². The molecule has 0 atom stereocenters. The van der Waals surface area contributed by atoms with Crippen LogP contribution in [-0.2, 0) is 0 Å². The van der Waals surface area contributed by atoms with Gasteiger partial charge in [0.25, 0.3) is 0 Å². The molecule has 126 valence electrons. The molecule has 0 fully saturated rings. The minimum atomic E-state index is -1.36. The van der Waals surface area contributed by atoms with Gasteiger partial charge in [-0.15, -0.1) is 0 Å². The van der Waals surface area contributed by atoms with Crippen LogP contribution >= 0.6 is 0 Å². The molecule has 2 N–H and O–H groups in total. The Bertz CT molecular complexity index is 801. The summed E-state index contributed by atoms with van der Waals surface area (Å²) < 4.78 is 12.6. The maximum Gasteiger partial charge on any atom is 0.335 e. The first-order valence-corrected chi connectivity index (χ1v) is 7.05. The summed E-state index contributed by atoms with van der Waals surface area (Å²) in [5, 5.41) is 16.9. The molecule has 0 spiro atoms. The van der Waals surface area contributed by atoms with Crippen LogP contribution in [0.3, 0.4) is 0 Å². The van der Waals surface area contributed by atoms with Crippen LogP contribution in [0.25, 0.3) is 11.1 Å². The van der Waals surface area contributed by atoms with Gasteiger partial charge in [-0.2, -0.15) is 0 Å². The smallest absolute Gasteiger partial charge is 0.335 e. The van der Waals surface area contributed by atoms with E-state index < -0.39 is 17.8 Å². The minimum Gasteiger partial charge on any atom is -0.478 e. The third-order valence-electron chi connectivity index (χ3n) is 3.09. The van der Waals surface area contributed by atoms with Crippen LogP contribution in [0.5, 0.6) is 0 Å². The van der Waals surface area contributed by atoms with Crippen LogP contribution in [0, 0.1) is 5.82 Å². The number of halogens is 1. The van der Waals surface area contributed by atoms with Gasteiger partial charge in [-0.25, -0.2) is 14.0 Å². The molecule has 3 rings (SSSR count). The van der Waals surface area contributed by atoms with E-state index in [1.807, 2.05) is 24.3 Å². The molecule has 3 aromatic rings. The summed E-state index contributed by atoms with van der Waals surface area (Å²) in [7, 11) is 0. The van der Waals surface area contributed by atoms with Crippen molar-refractivity contribution in [2.75, 3.05) is 0 Å². The van der Waals surface area contributed by atoms with Crippen LogP contribution in [0.2, 0.25) is 0 Å². The van der Waals surface area contributed by atoms with Gasteiger partial charge in [-0.3, -0.25) is 9.97 Å². The Morgan fingerprint density at radius 1 is 0.720 bits per heavy atom. The van der Waals surface area contributed by atoms with Crippen molar-refractivity contribution in [3.8, 4) is 11.1 Å². The van der Waals surface area contributed by atoms with E-state index in [1.165, 1.54) is 11.1 Å². The normalized spacial score (nSPS) is 9.64. The lowest BCUT2D eigenvalue weighted by atomic mass is 10.1. The molecule has 0 saturated carbocycles. The summed E-state index contributed by atoms with van der Waals surface area (Å²) in [4.78, 5) is 28.6. The van der Waals surface area contributed by atoms with Gasteiger partial charge in [0.15, 0.2) is 0 Å². The maximum atomic E-state index is 12.6. The summed E-state index contributed by atoms with van der Waals surface area (Å²) >= 11 is 0. The first kappa shape index (κ1) is 17.7. The van der Waals surface area contributed by atoms with E-state index in [2.05, 4.69) is 9.97 Å². The molecule has 0 aliphatic carbocycles. The number of pyridine rings is 2. The average Bonchev–Trinajstić information content (AvgIpc) is 2.63. The molecule has 2 aromatic heterocycles. The standard InChI is InChI=1S/C10H8N2.C8H5FO4/c1-5-11-6-2-9(1)10-3-7-12-8-4-10;9-6-2-4(7(10)11)1-5(3-6)8(12)13/h1-8H;1-3H,(H,10,11)(H,12,13). The lowest BCUT2D eigenvalue weighted by Crippen LogP contribution is -2.03. The van der Waals surface area contributed by atoms with Crippen molar-refractivity contribution in [2.24, 2.45) is 0 Å². The average molecular weight is 340 g/mol. The van der Waals surface area contributed by atoms with Gasteiger partial charge in [0.2, 0.25) is 0 Å². The topological polar surface area (TPSA) is 100 Å². The van der Waals surface area contributed by atoms with Crippen molar-refractivity contribution in [2.45, 2.75) is 0 Å². The monoisotopic (exact) mass is 340 g/mol. The van der Waals surface area contributed by atoms with Gasteiger partial charge in [-0.1, -0.05) is 0 Å². The first-order valence-electron chi connectivity index (χ1n) is 7.05. The van der Waals surface area contributed by atoms with Crippen molar-refractivity contribution in [1.82, 2.24) is 9.97 Å². The van der Waals surface area contributed by atoms with Crippen LogP contribution in [0.1, 0.15) is 20.7 Å². The van der Waals surface area contributed by atoms with Crippen LogP contribution < -0.4 is 0 Å². The van der Waals surface area contributed by atoms with Gasteiger partial charge >= 0.3 is 11.9 Å². The quantitative estimate of drug-likeness (QED) is 0.758. The van der Waals surface area contributed by atoms with Gasteiger partial charge in [-0.05, 0) is 53.6 Å². The van der Waals surface area contributed by atoms with Crippen molar-refractivity contribution in [3.05, 3.63) is 84.2 Å². The minimum absolute atomic E-state index is 0.377. The summed E-state index contributed by atoms with van der Waals surface area (Å²) in [5.41, 5.74) is 1.59. The van der Waals surface area contributed by atoms with Gasteiger partial charge in [0, 0.05) is 24.8 Å². The Kier molecular flexibility index (Phi) is 5.89. The summed E-state index contributed by atoms with van der Waals surface area (Å²) in [6.45, 7) is 0. The number of carbonyl (C=O) groups is 2. The lowest BCUT2D eigenvalue weighted by Gasteiger charge is -1.97. The molecule has 7 heteroatoms. The number of aromatic carboxylic acids is 2. The van der Waals surface area contributed by atoms with E-state index >= 15 is 0 Å². The van der Waals surface area contributed by atoms with Gasteiger partial charge < -0.3 is 10.2 Å². The molecule has 0 amide bonds. The van der Waals surface area contributed by atoms with Crippen LogP contribution in [0.15, 0.2) is 67.3 Å². The highest BCUT2D eigenvalue weighted by Gasteiger charge is 2.10. The van der Waals surface area contributed by atoms with E-state index in [4.69, 9.17) is 10.2 Å². The Labute approximate surface area is 142 Å². The van der Waals surface area contributed by atoms with E-state index in [0.717, 1.165) is 18.2 Å². The number of nitrogens with zero attached hydrogens (tertiary/aromatic N) is 2. The Morgan fingerprint density at radius 3 is 1.40 bits per heavy atom. The maximum absolute atomic E-state index is 12.6. The fraction of sp³-hybridized carbons (Fsp3) is 0. The number of carboxylic acid groups (broad SMARTS) is 2. The molecule has 0 radical (unpaired) electrons. The zero-order chi connectivity index (χ0) is 18.2. The fourth-order valence-corrected chi connectivity index (χ4v) is 1.93. The van der Waals surface area contributed by atoms with E-state index in [1.54, 1.807) is 24.8 Å². The molecule has 2 heterocycles. The van der Waals surface area contributed by atoms with Crippen LogP contribution in [-0.4, -0.2) is 32.1 Å². The van der Waals surface area contributed by atoms with Crippen molar-refractivity contribution in [1.29, 1.82) is 0 Å². The van der Waals surface area contributed by atoms with Gasteiger partial charge in [0.1, 0.15) is 5.82 Å². The van der Waals surface area contributed by atoms with Crippen molar-refractivity contribution in [3.63, 3.8) is 0 Å². The molecule has 0 unspecified atom stereocenters. The molecule has 0 aliphatic heterocycles.